The van der Waals surface area contributed by atoms with Crippen molar-refractivity contribution in [2.45, 2.75) is 25.8 Å². The van der Waals surface area contributed by atoms with Gasteiger partial charge in [-0.25, -0.2) is 0 Å². The molecule has 0 aromatic heterocycles. The lowest BCUT2D eigenvalue weighted by molar-refractivity contribution is -0.133. The minimum absolute atomic E-state index is 0. The first-order valence-corrected chi connectivity index (χ1v) is 9.99. The van der Waals surface area contributed by atoms with E-state index in [9.17, 15) is 4.79 Å². The first-order valence-electron chi connectivity index (χ1n) is 9.99. The molecule has 0 bridgehead atoms. The van der Waals surface area contributed by atoms with Crippen molar-refractivity contribution in [1.29, 1.82) is 0 Å². The maximum atomic E-state index is 13.2. The maximum Gasteiger partial charge on any atom is 0.227 e. The fraction of sp³-hybridized carbons (Fsp3) is 0.435. The molecule has 1 fully saturated rings. The van der Waals surface area contributed by atoms with Crippen LogP contribution in [-0.4, -0.2) is 51.8 Å². The molecule has 164 valence electrons. The summed E-state index contributed by atoms with van der Waals surface area (Å²) in [5.74, 6) is 1.73. The lowest BCUT2D eigenvalue weighted by Gasteiger charge is -2.37. The number of carbonyl (C=O) groups is 1. The fourth-order valence-electron chi connectivity index (χ4n) is 3.79. The van der Waals surface area contributed by atoms with Gasteiger partial charge < -0.3 is 24.4 Å². The fourth-order valence-corrected chi connectivity index (χ4v) is 3.79. The Morgan fingerprint density at radius 1 is 1.03 bits per heavy atom. The molecule has 0 aliphatic carbocycles. The summed E-state index contributed by atoms with van der Waals surface area (Å²) >= 11 is 0. The second-order valence-electron chi connectivity index (χ2n) is 7.11. The Balaban J connectivity index is 0.00000320. The summed E-state index contributed by atoms with van der Waals surface area (Å²) in [6.45, 7) is 4.38. The number of nitrogens with one attached hydrogen (secondary N) is 1. The van der Waals surface area contributed by atoms with Crippen molar-refractivity contribution in [3.63, 3.8) is 0 Å². The predicted octanol–water partition coefficient (Wildman–Crippen LogP) is 3.41. The first kappa shape index (κ1) is 23.8. The predicted molar refractivity (Wildman–Crippen MR) is 120 cm³/mol. The number of hydrogen-bond acceptors (Lipinski definition) is 5. The van der Waals surface area contributed by atoms with E-state index in [1.807, 2.05) is 17.0 Å². The van der Waals surface area contributed by atoms with Gasteiger partial charge in [-0.05, 0) is 35.2 Å². The summed E-state index contributed by atoms with van der Waals surface area (Å²) in [6.07, 6.45) is 1.28. The molecule has 3 rings (SSSR count). The molecule has 1 saturated heterocycles. The Labute approximate surface area is 184 Å². The van der Waals surface area contributed by atoms with Gasteiger partial charge in [-0.3, -0.25) is 4.79 Å². The Morgan fingerprint density at radius 3 is 2.20 bits per heavy atom. The van der Waals surface area contributed by atoms with Gasteiger partial charge in [0.1, 0.15) is 0 Å². The second-order valence-corrected chi connectivity index (χ2v) is 7.11. The molecule has 1 unspecified atom stereocenters. The Kier molecular flexibility index (Phi) is 8.81. The highest BCUT2D eigenvalue weighted by Gasteiger charge is 2.28. The quantitative estimate of drug-likeness (QED) is 0.723. The van der Waals surface area contributed by atoms with Crippen LogP contribution in [0.2, 0.25) is 0 Å². The third kappa shape index (κ3) is 5.18. The summed E-state index contributed by atoms with van der Waals surface area (Å²) < 4.78 is 16.2. The zero-order valence-electron chi connectivity index (χ0n) is 18.1. The van der Waals surface area contributed by atoms with Crippen LogP contribution in [0.3, 0.4) is 0 Å². The molecule has 2 aromatic carbocycles. The Hall–Kier alpha value is -2.44. The van der Waals surface area contributed by atoms with E-state index in [2.05, 4.69) is 36.5 Å². The Morgan fingerprint density at radius 2 is 1.67 bits per heavy atom. The van der Waals surface area contributed by atoms with E-state index >= 15 is 0 Å². The van der Waals surface area contributed by atoms with Crippen LogP contribution in [0.15, 0.2) is 36.4 Å². The van der Waals surface area contributed by atoms with Gasteiger partial charge in [-0.2, -0.15) is 0 Å². The van der Waals surface area contributed by atoms with Gasteiger partial charge in [0.2, 0.25) is 11.7 Å². The molecule has 6 nitrogen and oxygen atoms in total. The average Bonchev–Trinajstić information content (AvgIpc) is 2.78. The standard InChI is InChI=1S/C23H30N2O4.ClH/c1-5-16-6-8-18(9-7-16)19-15-24-10-11-25(19)22(26)14-17-12-20(27-2)23(29-4)21(13-17)28-3;/h6-9,12-13,19,24H,5,10-11,14-15H2,1-4H3;1H. The van der Waals surface area contributed by atoms with Crippen LogP contribution in [0.25, 0.3) is 0 Å². The summed E-state index contributed by atoms with van der Waals surface area (Å²) in [5, 5.41) is 3.41. The van der Waals surface area contributed by atoms with Crippen LogP contribution < -0.4 is 19.5 Å². The van der Waals surface area contributed by atoms with Crippen LogP contribution in [-0.2, 0) is 17.6 Å². The number of rotatable bonds is 7. The van der Waals surface area contributed by atoms with Crippen molar-refractivity contribution in [3.05, 3.63) is 53.1 Å². The van der Waals surface area contributed by atoms with Gasteiger partial charge >= 0.3 is 0 Å². The van der Waals surface area contributed by atoms with Crippen molar-refractivity contribution in [3.8, 4) is 17.2 Å². The molecule has 2 aromatic rings. The summed E-state index contributed by atoms with van der Waals surface area (Å²) in [7, 11) is 4.73. The third-order valence-electron chi connectivity index (χ3n) is 5.42. The molecule has 0 radical (unpaired) electrons. The monoisotopic (exact) mass is 434 g/mol. The zero-order chi connectivity index (χ0) is 20.8. The van der Waals surface area contributed by atoms with Crippen LogP contribution in [0.4, 0.5) is 0 Å². The number of hydrogen-bond donors (Lipinski definition) is 1. The Bertz CT molecular complexity index is 817. The van der Waals surface area contributed by atoms with E-state index in [4.69, 9.17) is 14.2 Å². The molecule has 1 aliphatic heterocycles. The van der Waals surface area contributed by atoms with Crippen molar-refractivity contribution in [2.24, 2.45) is 0 Å². The van der Waals surface area contributed by atoms with Gasteiger partial charge in [0.25, 0.3) is 0 Å². The van der Waals surface area contributed by atoms with Gasteiger partial charge in [-0.15, -0.1) is 12.4 Å². The van der Waals surface area contributed by atoms with E-state index in [1.54, 1.807) is 21.3 Å². The molecular weight excluding hydrogens is 404 g/mol. The normalized spacial score (nSPS) is 15.9. The van der Waals surface area contributed by atoms with Crippen molar-refractivity contribution >= 4 is 18.3 Å². The highest BCUT2D eigenvalue weighted by atomic mass is 35.5. The molecule has 1 atom stereocenters. The number of ether oxygens (including phenoxy) is 3. The van der Waals surface area contributed by atoms with Crippen molar-refractivity contribution in [1.82, 2.24) is 10.2 Å². The molecule has 1 amide bonds. The zero-order valence-corrected chi connectivity index (χ0v) is 18.9. The molecule has 1 N–H and O–H groups in total. The minimum atomic E-state index is 0. The SMILES string of the molecule is CCc1ccc(C2CNCCN2C(=O)Cc2cc(OC)c(OC)c(OC)c2)cc1.Cl. The average molecular weight is 435 g/mol. The van der Waals surface area contributed by atoms with E-state index < -0.39 is 0 Å². The molecule has 30 heavy (non-hydrogen) atoms. The summed E-state index contributed by atoms with van der Waals surface area (Å²) in [5.41, 5.74) is 3.29. The number of nitrogens with zero attached hydrogens (tertiary/aromatic N) is 1. The van der Waals surface area contributed by atoms with Gasteiger partial charge in [0.05, 0.1) is 33.8 Å². The third-order valence-corrected chi connectivity index (χ3v) is 5.42. The molecular formula is C23H31ClN2O4. The van der Waals surface area contributed by atoms with Crippen molar-refractivity contribution in [2.75, 3.05) is 41.0 Å². The molecule has 0 saturated carbocycles. The van der Waals surface area contributed by atoms with E-state index in [0.29, 0.717) is 23.8 Å². The van der Waals surface area contributed by atoms with E-state index in [-0.39, 0.29) is 30.8 Å². The molecule has 7 heteroatoms. The topological polar surface area (TPSA) is 60.0 Å². The van der Waals surface area contributed by atoms with Crippen LogP contribution >= 0.6 is 12.4 Å². The van der Waals surface area contributed by atoms with Crippen LogP contribution in [0.5, 0.6) is 17.2 Å². The van der Waals surface area contributed by atoms with Gasteiger partial charge in [0, 0.05) is 19.6 Å². The van der Waals surface area contributed by atoms with Gasteiger partial charge in [0.15, 0.2) is 11.5 Å². The number of carbonyl (C=O) groups excluding carboxylic acids is 1. The number of benzene rings is 2. The number of amides is 1. The first-order chi connectivity index (χ1) is 14.1. The number of piperazine rings is 1. The second kappa shape index (κ2) is 11.1. The minimum Gasteiger partial charge on any atom is -0.493 e. The highest BCUT2D eigenvalue weighted by Crippen LogP contribution is 2.38. The smallest absolute Gasteiger partial charge is 0.227 e. The largest absolute Gasteiger partial charge is 0.493 e. The summed E-state index contributed by atoms with van der Waals surface area (Å²) in [6, 6.07) is 12.3. The summed E-state index contributed by atoms with van der Waals surface area (Å²) in [4.78, 5) is 15.2. The number of halogens is 1. The molecule has 0 spiro atoms. The van der Waals surface area contributed by atoms with Crippen LogP contribution in [0.1, 0.15) is 29.7 Å². The maximum absolute atomic E-state index is 13.2. The van der Waals surface area contributed by atoms with Crippen molar-refractivity contribution < 1.29 is 19.0 Å². The molecule has 1 aliphatic rings. The van der Waals surface area contributed by atoms with Crippen LogP contribution in [0, 0.1) is 0 Å². The lowest BCUT2D eigenvalue weighted by Crippen LogP contribution is -2.49. The van der Waals surface area contributed by atoms with E-state index in [0.717, 1.165) is 30.6 Å². The number of aryl methyl sites for hydroxylation is 1. The van der Waals surface area contributed by atoms with Gasteiger partial charge in [-0.1, -0.05) is 31.2 Å². The van der Waals surface area contributed by atoms with E-state index in [1.165, 1.54) is 5.56 Å². The highest BCUT2D eigenvalue weighted by molar-refractivity contribution is 5.85. The molecule has 1 heterocycles. The number of methoxy groups -OCH3 is 3. The lowest BCUT2D eigenvalue weighted by atomic mass is 10.00.